The van der Waals surface area contributed by atoms with Crippen LogP contribution >= 0.6 is 11.3 Å². The molecule has 0 spiro atoms. The third-order valence-corrected chi connectivity index (χ3v) is 4.67. The average molecular weight is 337 g/mol. The zero-order chi connectivity index (χ0) is 17.0. The molecule has 0 aromatic carbocycles. The Morgan fingerprint density at radius 2 is 2.17 bits per heavy atom. The van der Waals surface area contributed by atoms with Gasteiger partial charge >= 0.3 is 11.8 Å². The number of thiophene rings is 1. The molecule has 23 heavy (non-hydrogen) atoms. The van der Waals surface area contributed by atoms with E-state index in [2.05, 4.69) is 22.4 Å². The third-order valence-electron chi connectivity index (χ3n) is 3.54. The largest absolute Gasteiger partial charge is 0.370 e. The van der Waals surface area contributed by atoms with Gasteiger partial charge in [-0.2, -0.15) is 5.26 Å². The van der Waals surface area contributed by atoms with Crippen molar-refractivity contribution < 1.29 is 20.1 Å². The Morgan fingerprint density at radius 3 is 2.83 bits per heavy atom. The van der Waals surface area contributed by atoms with E-state index in [9.17, 15) is 14.9 Å². The Bertz CT molecular complexity index is 660. The summed E-state index contributed by atoms with van der Waals surface area (Å²) in [7, 11) is 0. The van der Waals surface area contributed by atoms with Crippen LogP contribution in [0.15, 0.2) is 0 Å². The molecule has 0 saturated carbocycles. The van der Waals surface area contributed by atoms with Gasteiger partial charge in [-0.15, -0.1) is 11.3 Å². The van der Waals surface area contributed by atoms with Crippen molar-refractivity contribution in [3.8, 4) is 6.07 Å². The highest BCUT2D eigenvalue weighted by atomic mass is 32.1. The molecule has 7 nitrogen and oxygen atoms in total. The number of hydrogen-bond acceptors (Lipinski definition) is 5. The van der Waals surface area contributed by atoms with E-state index >= 15 is 0 Å². The van der Waals surface area contributed by atoms with E-state index in [1.54, 1.807) is 0 Å². The van der Waals surface area contributed by atoms with Gasteiger partial charge in [-0.05, 0) is 19.4 Å². The van der Waals surface area contributed by atoms with E-state index in [1.165, 1.54) is 11.3 Å². The number of anilines is 1. The molecule has 0 atom stereocenters. The number of ether oxygens (including phenoxy) is 1. The first-order valence-electron chi connectivity index (χ1n) is 7.45. The van der Waals surface area contributed by atoms with Gasteiger partial charge in [0.2, 0.25) is 0 Å². The maximum absolute atomic E-state index is 11.9. The van der Waals surface area contributed by atoms with Crippen molar-refractivity contribution in [3.05, 3.63) is 16.0 Å². The minimum atomic E-state index is -0.760. The summed E-state index contributed by atoms with van der Waals surface area (Å²) < 4.78 is 5.73. The topological polar surface area (TPSA) is 119 Å². The van der Waals surface area contributed by atoms with Gasteiger partial charge in [-0.25, -0.2) is 0 Å². The maximum atomic E-state index is 11.9. The maximum Gasteiger partial charge on any atom is 0.314 e. The molecule has 0 radical (unpaired) electrons. The van der Waals surface area contributed by atoms with Crippen LogP contribution in [0.5, 0.6) is 0 Å². The van der Waals surface area contributed by atoms with E-state index in [1.807, 2.05) is 13.8 Å². The molecule has 0 saturated heterocycles. The van der Waals surface area contributed by atoms with Crippen LogP contribution in [-0.2, 0) is 27.4 Å². The van der Waals surface area contributed by atoms with Gasteiger partial charge in [0.15, 0.2) is 0 Å². The summed E-state index contributed by atoms with van der Waals surface area (Å²) >= 11 is 1.29. The minimum absolute atomic E-state index is 0.341. The first-order valence-corrected chi connectivity index (χ1v) is 8.26. The molecule has 2 rings (SSSR count). The van der Waals surface area contributed by atoms with Gasteiger partial charge < -0.3 is 21.1 Å². The predicted molar refractivity (Wildman–Crippen MR) is 85.6 cm³/mol. The van der Waals surface area contributed by atoms with Crippen LogP contribution in [0.4, 0.5) is 5.00 Å². The number of quaternary nitrogens is 1. The summed E-state index contributed by atoms with van der Waals surface area (Å²) in [6, 6.07) is 2.14. The summed E-state index contributed by atoms with van der Waals surface area (Å²) in [5, 5.41) is 14.9. The summed E-state index contributed by atoms with van der Waals surface area (Å²) in [5.41, 5.74) is 4.66. The van der Waals surface area contributed by atoms with Crippen molar-refractivity contribution in [1.29, 1.82) is 5.26 Å². The van der Waals surface area contributed by atoms with Crippen molar-refractivity contribution in [1.82, 2.24) is 5.32 Å². The second-order valence-corrected chi connectivity index (χ2v) is 7.07. The van der Waals surface area contributed by atoms with Crippen LogP contribution in [0.2, 0.25) is 0 Å². The molecule has 1 aromatic rings. The fraction of sp³-hybridized carbons (Fsp3) is 0.533. The number of fused-ring (bicyclic) bond motifs is 1. The highest BCUT2D eigenvalue weighted by molar-refractivity contribution is 7.16. The van der Waals surface area contributed by atoms with E-state index in [4.69, 9.17) is 4.74 Å². The molecule has 0 unspecified atom stereocenters. The Morgan fingerprint density at radius 1 is 1.43 bits per heavy atom. The number of carbonyl (C=O) groups excluding carboxylic acids is 2. The first-order chi connectivity index (χ1) is 10.9. The number of nitriles is 1. The van der Waals surface area contributed by atoms with Gasteiger partial charge in [-0.3, -0.25) is 9.59 Å². The number of amides is 2. The van der Waals surface area contributed by atoms with E-state index in [0.29, 0.717) is 43.1 Å². The summed E-state index contributed by atoms with van der Waals surface area (Å²) in [4.78, 5) is 24.6. The molecule has 0 aliphatic carbocycles. The molecule has 1 aliphatic rings. The van der Waals surface area contributed by atoms with Gasteiger partial charge in [0.05, 0.1) is 24.3 Å². The highest BCUT2D eigenvalue weighted by Gasteiger charge is 2.32. The molecule has 0 fully saturated rings. The van der Waals surface area contributed by atoms with Crippen molar-refractivity contribution >= 4 is 28.2 Å². The van der Waals surface area contributed by atoms with Gasteiger partial charge in [-0.1, -0.05) is 0 Å². The second-order valence-electron chi connectivity index (χ2n) is 5.96. The van der Waals surface area contributed by atoms with Crippen molar-refractivity contribution in [2.75, 3.05) is 18.4 Å². The first kappa shape index (κ1) is 17.4. The molecule has 2 heterocycles. The molecule has 2 amide bonds. The average Bonchev–Trinajstić information content (AvgIpc) is 2.82. The fourth-order valence-electron chi connectivity index (χ4n) is 2.33. The molecular formula is C15H21N4O3S+. The van der Waals surface area contributed by atoms with Gasteiger partial charge in [0, 0.05) is 24.3 Å². The van der Waals surface area contributed by atoms with Crippen LogP contribution in [0.3, 0.4) is 0 Å². The number of nitrogens with zero attached hydrogens (tertiary/aromatic N) is 1. The van der Waals surface area contributed by atoms with E-state index < -0.39 is 11.8 Å². The monoisotopic (exact) mass is 337 g/mol. The molecule has 124 valence electrons. The number of rotatable bonds is 4. The van der Waals surface area contributed by atoms with Crippen molar-refractivity contribution in [2.24, 2.45) is 0 Å². The zero-order valence-electron chi connectivity index (χ0n) is 13.3. The molecule has 8 heteroatoms. The lowest BCUT2D eigenvalue weighted by Gasteiger charge is -2.29. The fourth-order valence-corrected chi connectivity index (χ4v) is 3.40. The molecule has 5 N–H and O–H groups in total. The third kappa shape index (κ3) is 4.07. The SMILES string of the molecule is CC1(C)Cc2c(sc(NC(=O)C(=O)NCCC[NH3+])c2C#N)CO1. The van der Waals surface area contributed by atoms with Crippen LogP contribution in [0, 0.1) is 11.3 Å². The lowest BCUT2D eigenvalue weighted by molar-refractivity contribution is -0.367. The van der Waals surface area contributed by atoms with Crippen molar-refractivity contribution in [3.63, 3.8) is 0 Å². The van der Waals surface area contributed by atoms with Gasteiger partial charge in [0.1, 0.15) is 11.1 Å². The zero-order valence-corrected chi connectivity index (χ0v) is 14.1. The smallest absolute Gasteiger partial charge is 0.314 e. The lowest BCUT2D eigenvalue weighted by Crippen LogP contribution is -2.51. The summed E-state index contributed by atoms with van der Waals surface area (Å²) in [5.74, 6) is -1.46. The van der Waals surface area contributed by atoms with Gasteiger partial charge in [0.25, 0.3) is 0 Å². The van der Waals surface area contributed by atoms with Crippen LogP contribution < -0.4 is 16.4 Å². The standard InChI is InChI=1S/C15H20N4O3S/c1-15(2)6-9-10(7-17)14(23-11(9)8-22-15)19-13(21)12(20)18-5-3-4-16/h3-6,8,16H2,1-2H3,(H,18,20)(H,19,21)/p+1. The molecular weight excluding hydrogens is 316 g/mol. The van der Waals surface area contributed by atoms with E-state index in [-0.39, 0.29) is 5.60 Å². The highest BCUT2D eigenvalue weighted by Crippen LogP contribution is 2.39. The number of carbonyl (C=O) groups is 2. The minimum Gasteiger partial charge on any atom is -0.370 e. The Labute approximate surface area is 138 Å². The second kappa shape index (κ2) is 7.08. The van der Waals surface area contributed by atoms with Crippen LogP contribution in [-0.4, -0.2) is 30.5 Å². The van der Waals surface area contributed by atoms with Crippen LogP contribution in [0.1, 0.15) is 36.3 Å². The number of hydrogen-bond donors (Lipinski definition) is 3. The summed E-state index contributed by atoms with van der Waals surface area (Å²) in [6.45, 7) is 5.43. The quantitative estimate of drug-likeness (QED) is 0.535. The number of nitrogens with one attached hydrogen (secondary N) is 2. The van der Waals surface area contributed by atoms with Crippen molar-refractivity contribution in [2.45, 2.75) is 38.9 Å². The lowest BCUT2D eigenvalue weighted by atomic mass is 9.93. The normalized spacial score (nSPS) is 15.4. The Hall–Kier alpha value is -1.95. The summed E-state index contributed by atoms with van der Waals surface area (Å²) in [6.07, 6.45) is 1.31. The Kier molecular flexibility index (Phi) is 5.36. The van der Waals surface area contributed by atoms with E-state index in [0.717, 1.165) is 10.4 Å². The van der Waals surface area contributed by atoms with Crippen LogP contribution in [0.25, 0.3) is 0 Å². The Balaban J connectivity index is 2.12. The molecule has 1 aliphatic heterocycles. The molecule has 0 bridgehead atoms. The predicted octanol–water partition coefficient (Wildman–Crippen LogP) is 0.158. The molecule has 1 aromatic heterocycles.